The number of aliphatic carboxylic acids is 1. The molecular weight excluding hydrogens is 312 g/mol. The van der Waals surface area contributed by atoms with Crippen LogP contribution in [0.15, 0.2) is 23.3 Å². The van der Waals surface area contributed by atoms with Gasteiger partial charge in [0.15, 0.2) is 5.60 Å². The van der Waals surface area contributed by atoms with Gasteiger partial charge in [0.2, 0.25) is 5.78 Å². The number of hydrogen-bond acceptors (Lipinski definition) is 5. The van der Waals surface area contributed by atoms with Crippen LogP contribution in [-0.4, -0.2) is 51.5 Å². The molecule has 6 nitrogen and oxygen atoms in total. The fourth-order valence-corrected chi connectivity index (χ4v) is 4.70. The molecule has 4 rings (SSSR count). The molecule has 2 N–H and O–H groups in total. The molecule has 6 heteroatoms. The van der Waals surface area contributed by atoms with Gasteiger partial charge in [-0.15, -0.1) is 0 Å². The van der Waals surface area contributed by atoms with Crippen LogP contribution in [0.1, 0.15) is 40.5 Å². The van der Waals surface area contributed by atoms with Crippen molar-refractivity contribution in [2.45, 2.75) is 62.9 Å². The van der Waals surface area contributed by atoms with Gasteiger partial charge in [-0.2, -0.15) is 0 Å². The highest BCUT2D eigenvalue weighted by Crippen LogP contribution is 2.65. The maximum atomic E-state index is 13.3. The largest absolute Gasteiger partial charge is 0.478 e. The molecular formula is C18H24O6. The number of carbonyl (C=O) groups is 2. The first-order chi connectivity index (χ1) is 11.0. The SMILES string of the molecule is CO[C@@]12C=C(C(=O)O)[C@@]3(O)[C@@H](C1)C(C)(C)O[C@]3(CC=C(C)C)C2=O. The van der Waals surface area contributed by atoms with Crippen molar-refractivity contribution in [1.29, 1.82) is 0 Å². The third-order valence-corrected chi connectivity index (χ3v) is 5.84. The highest BCUT2D eigenvalue weighted by atomic mass is 16.6. The number of ketones is 1. The molecule has 4 aliphatic rings. The van der Waals surface area contributed by atoms with Crippen LogP contribution < -0.4 is 0 Å². The van der Waals surface area contributed by atoms with Gasteiger partial charge in [0, 0.05) is 19.4 Å². The Labute approximate surface area is 141 Å². The predicted molar refractivity (Wildman–Crippen MR) is 85.5 cm³/mol. The Morgan fingerprint density at radius 3 is 2.58 bits per heavy atom. The Kier molecular flexibility index (Phi) is 3.45. The molecule has 1 saturated heterocycles. The first kappa shape index (κ1) is 17.3. The first-order valence-corrected chi connectivity index (χ1v) is 8.09. The van der Waals surface area contributed by atoms with Crippen LogP contribution in [0.5, 0.6) is 0 Å². The second-order valence-electron chi connectivity index (χ2n) is 7.83. The van der Waals surface area contributed by atoms with Gasteiger partial charge in [-0.05, 0) is 40.2 Å². The summed E-state index contributed by atoms with van der Waals surface area (Å²) >= 11 is 0. The fourth-order valence-electron chi connectivity index (χ4n) is 4.70. The lowest BCUT2D eigenvalue weighted by Crippen LogP contribution is -2.74. The van der Waals surface area contributed by atoms with E-state index < -0.39 is 40.1 Å². The summed E-state index contributed by atoms with van der Waals surface area (Å²) in [5.41, 5.74) is -4.98. The van der Waals surface area contributed by atoms with Crippen molar-refractivity contribution >= 4 is 11.8 Å². The summed E-state index contributed by atoms with van der Waals surface area (Å²) in [6, 6.07) is 0. The fraction of sp³-hybridized carbons (Fsp3) is 0.667. The van der Waals surface area contributed by atoms with Crippen LogP contribution in [0.2, 0.25) is 0 Å². The number of carboxylic acid groups (broad SMARTS) is 1. The number of methoxy groups -OCH3 is 1. The molecule has 0 aromatic carbocycles. The Morgan fingerprint density at radius 2 is 2.08 bits per heavy atom. The number of ether oxygens (including phenoxy) is 2. The lowest BCUT2D eigenvalue weighted by molar-refractivity contribution is -0.196. The molecule has 1 heterocycles. The van der Waals surface area contributed by atoms with Crippen molar-refractivity contribution in [1.82, 2.24) is 0 Å². The van der Waals surface area contributed by atoms with E-state index >= 15 is 0 Å². The average Bonchev–Trinajstić information content (AvgIpc) is 2.63. The quantitative estimate of drug-likeness (QED) is 0.758. The van der Waals surface area contributed by atoms with Crippen LogP contribution in [0, 0.1) is 5.92 Å². The predicted octanol–water partition coefficient (Wildman–Crippen LogP) is 1.62. The van der Waals surface area contributed by atoms with Crippen molar-refractivity contribution in [3.8, 4) is 0 Å². The second kappa shape index (κ2) is 4.77. The molecule has 1 saturated carbocycles. The first-order valence-electron chi connectivity index (χ1n) is 8.09. The Morgan fingerprint density at radius 1 is 1.46 bits per heavy atom. The summed E-state index contributed by atoms with van der Waals surface area (Å²) in [6.07, 6.45) is 3.40. The van der Waals surface area contributed by atoms with Gasteiger partial charge in [0.1, 0.15) is 11.2 Å². The maximum absolute atomic E-state index is 13.3. The van der Waals surface area contributed by atoms with Gasteiger partial charge in [0.05, 0.1) is 11.2 Å². The Balaban J connectivity index is 2.32. The van der Waals surface area contributed by atoms with E-state index in [0.29, 0.717) is 0 Å². The summed E-state index contributed by atoms with van der Waals surface area (Å²) in [6.45, 7) is 7.33. The molecule has 4 atom stereocenters. The molecule has 4 bridgehead atoms. The zero-order valence-electron chi connectivity index (χ0n) is 14.7. The average molecular weight is 336 g/mol. The summed E-state index contributed by atoms with van der Waals surface area (Å²) in [5, 5.41) is 21.2. The van der Waals surface area contributed by atoms with Gasteiger partial charge in [-0.25, -0.2) is 4.79 Å². The highest BCUT2D eigenvalue weighted by Gasteiger charge is 2.81. The number of hydrogen-bond donors (Lipinski definition) is 2. The smallest absolute Gasteiger partial charge is 0.334 e. The number of carboxylic acids is 1. The van der Waals surface area contributed by atoms with Crippen LogP contribution in [0.4, 0.5) is 0 Å². The van der Waals surface area contributed by atoms with Crippen LogP contribution in [0.25, 0.3) is 0 Å². The van der Waals surface area contributed by atoms with Crippen LogP contribution in [0.3, 0.4) is 0 Å². The number of allylic oxidation sites excluding steroid dienone is 1. The van der Waals surface area contributed by atoms with E-state index in [1.165, 1.54) is 13.2 Å². The van der Waals surface area contributed by atoms with E-state index in [1.54, 1.807) is 19.9 Å². The minimum absolute atomic E-state index is 0.111. The minimum Gasteiger partial charge on any atom is -0.478 e. The third-order valence-electron chi connectivity index (χ3n) is 5.84. The molecule has 0 unspecified atom stereocenters. The number of carbonyl (C=O) groups excluding carboxylic acids is 1. The molecule has 132 valence electrons. The Bertz CT molecular complexity index is 686. The van der Waals surface area contributed by atoms with Crippen molar-refractivity contribution in [2.24, 2.45) is 5.92 Å². The van der Waals surface area contributed by atoms with E-state index in [0.717, 1.165) is 5.57 Å². The minimum atomic E-state index is -1.87. The molecule has 2 fully saturated rings. The zero-order chi connectivity index (χ0) is 18.1. The maximum Gasteiger partial charge on any atom is 0.334 e. The van der Waals surface area contributed by atoms with Crippen molar-refractivity contribution in [2.75, 3.05) is 7.11 Å². The van der Waals surface area contributed by atoms with E-state index in [2.05, 4.69) is 0 Å². The molecule has 24 heavy (non-hydrogen) atoms. The number of aliphatic hydroxyl groups is 1. The second-order valence-corrected chi connectivity index (χ2v) is 7.83. The molecule has 0 spiro atoms. The lowest BCUT2D eigenvalue weighted by atomic mass is 9.51. The molecule has 0 amide bonds. The summed E-state index contributed by atoms with van der Waals surface area (Å²) in [5.74, 6) is -2.20. The molecule has 0 aromatic rings. The van der Waals surface area contributed by atoms with E-state index in [9.17, 15) is 19.8 Å². The van der Waals surface area contributed by atoms with Gasteiger partial charge in [-0.1, -0.05) is 11.6 Å². The molecule has 0 radical (unpaired) electrons. The van der Waals surface area contributed by atoms with Crippen molar-refractivity contribution in [3.05, 3.63) is 23.3 Å². The lowest BCUT2D eigenvalue weighted by Gasteiger charge is -2.55. The molecule has 0 aromatic heterocycles. The summed E-state index contributed by atoms with van der Waals surface area (Å²) < 4.78 is 11.6. The molecule has 3 aliphatic carbocycles. The van der Waals surface area contributed by atoms with Crippen molar-refractivity contribution < 1.29 is 29.3 Å². The normalized spacial score (nSPS) is 42.0. The summed E-state index contributed by atoms with van der Waals surface area (Å²) in [7, 11) is 1.39. The summed E-state index contributed by atoms with van der Waals surface area (Å²) in [4.78, 5) is 25.2. The topological polar surface area (TPSA) is 93.1 Å². The van der Waals surface area contributed by atoms with Gasteiger partial charge >= 0.3 is 5.97 Å². The van der Waals surface area contributed by atoms with Crippen LogP contribution in [-0.2, 0) is 19.1 Å². The van der Waals surface area contributed by atoms with Crippen LogP contribution >= 0.6 is 0 Å². The van der Waals surface area contributed by atoms with E-state index in [4.69, 9.17) is 9.47 Å². The third kappa shape index (κ3) is 1.76. The van der Waals surface area contributed by atoms with Gasteiger partial charge < -0.3 is 19.7 Å². The van der Waals surface area contributed by atoms with Crippen molar-refractivity contribution in [3.63, 3.8) is 0 Å². The highest BCUT2D eigenvalue weighted by molar-refractivity contribution is 6.07. The zero-order valence-corrected chi connectivity index (χ0v) is 14.7. The number of rotatable bonds is 4. The Hall–Kier alpha value is -1.50. The number of Topliss-reactive ketones (excluding diaryl/α,β-unsaturated/α-hetero) is 1. The standard InChI is InChI=1S/C18H24O6/c1-10(2)6-7-17-14(21)16(23-5)8-11(13(19)20)18(17,22)12(9-16)15(3,4)24-17/h6,8,12,22H,7,9H2,1-5H3,(H,19,20)/t12-,16-,17+,18+/m0/s1. The molecule has 1 aliphatic heterocycles. The monoisotopic (exact) mass is 336 g/mol. The van der Waals surface area contributed by atoms with E-state index in [1.807, 2.05) is 13.8 Å². The van der Waals surface area contributed by atoms with Gasteiger partial charge in [-0.3, -0.25) is 4.79 Å². The van der Waals surface area contributed by atoms with E-state index in [-0.39, 0.29) is 18.4 Å². The van der Waals surface area contributed by atoms with Gasteiger partial charge in [0.25, 0.3) is 0 Å².